The van der Waals surface area contributed by atoms with Gasteiger partial charge in [0.2, 0.25) is 15.9 Å². The molecule has 0 atom stereocenters. The predicted molar refractivity (Wildman–Crippen MR) is 69.2 cm³/mol. The van der Waals surface area contributed by atoms with Crippen LogP contribution < -0.4 is 10.5 Å². The number of carboxylic acids is 1. The molecule has 0 spiro atoms. The zero-order valence-corrected chi connectivity index (χ0v) is 10.8. The molecule has 104 valence electrons. The van der Waals surface area contributed by atoms with E-state index in [0.717, 1.165) is 0 Å². The zero-order chi connectivity index (χ0) is 14.5. The number of amides is 1. The third-order valence-electron chi connectivity index (χ3n) is 2.25. The summed E-state index contributed by atoms with van der Waals surface area (Å²) in [6, 6.07) is 5.62. The van der Waals surface area contributed by atoms with Crippen molar-refractivity contribution in [2.45, 2.75) is 12.8 Å². The molecular weight excluding hydrogens is 272 g/mol. The third kappa shape index (κ3) is 5.38. The van der Waals surface area contributed by atoms with Crippen LogP contribution in [0.25, 0.3) is 0 Å². The highest BCUT2D eigenvalue weighted by molar-refractivity contribution is 7.92. The molecule has 0 unspecified atom stereocenters. The molecule has 0 aliphatic heterocycles. The van der Waals surface area contributed by atoms with Crippen LogP contribution in [0.1, 0.15) is 23.2 Å². The van der Waals surface area contributed by atoms with E-state index in [0.29, 0.717) is 5.69 Å². The lowest BCUT2D eigenvalue weighted by atomic mass is 10.2. The lowest BCUT2D eigenvalue weighted by molar-refractivity contribution is -0.137. The molecule has 0 aliphatic rings. The molecule has 0 saturated heterocycles. The number of nitrogens with two attached hydrogens (primary N) is 1. The highest BCUT2D eigenvalue weighted by atomic mass is 32.2. The van der Waals surface area contributed by atoms with Crippen LogP contribution in [0.5, 0.6) is 0 Å². The monoisotopic (exact) mass is 286 g/mol. The van der Waals surface area contributed by atoms with Gasteiger partial charge < -0.3 is 10.8 Å². The van der Waals surface area contributed by atoms with Gasteiger partial charge in [-0.05, 0) is 30.7 Å². The Labute approximate surface area is 110 Å². The first-order valence-electron chi connectivity index (χ1n) is 5.42. The van der Waals surface area contributed by atoms with Crippen LogP contribution in [0.3, 0.4) is 0 Å². The molecule has 1 aromatic rings. The predicted octanol–water partition coefficient (Wildman–Crippen LogP) is 0.392. The van der Waals surface area contributed by atoms with E-state index >= 15 is 0 Å². The average Bonchev–Trinajstić information content (AvgIpc) is 2.28. The number of aliphatic carboxylic acids is 1. The molecule has 1 amide bonds. The van der Waals surface area contributed by atoms with Crippen molar-refractivity contribution in [1.82, 2.24) is 0 Å². The number of rotatable bonds is 7. The number of anilines is 1. The van der Waals surface area contributed by atoms with Crippen LogP contribution in [-0.2, 0) is 14.8 Å². The number of carbonyl (C=O) groups is 2. The maximum atomic E-state index is 11.6. The third-order valence-corrected chi connectivity index (χ3v) is 3.62. The summed E-state index contributed by atoms with van der Waals surface area (Å²) in [7, 11) is -3.59. The Kier molecular flexibility index (Phi) is 4.87. The second kappa shape index (κ2) is 6.19. The van der Waals surface area contributed by atoms with Crippen LogP contribution in [0, 0.1) is 0 Å². The van der Waals surface area contributed by atoms with Crippen molar-refractivity contribution in [3.05, 3.63) is 29.8 Å². The first-order valence-corrected chi connectivity index (χ1v) is 7.07. The summed E-state index contributed by atoms with van der Waals surface area (Å²) in [5, 5.41) is 8.42. The Morgan fingerprint density at radius 2 is 1.79 bits per heavy atom. The zero-order valence-electron chi connectivity index (χ0n) is 10.00. The number of nitrogens with one attached hydrogen (secondary N) is 1. The van der Waals surface area contributed by atoms with Crippen LogP contribution in [0.2, 0.25) is 0 Å². The van der Waals surface area contributed by atoms with Gasteiger partial charge in [0.15, 0.2) is 0 Å². The molecular formula is C11H14N2O5S. The Balaban J connectivity index is 2.62. The van der Waals surface area contributed by atoms with E-state index in [1.807, 2.05) is 0 Å². The van der Waals surface area contributed by atoms with Gasteiger partial charge in [0.05, 0.1) is 5.75 Å². The molecule has 8 heteroatoms. The van der Waals surface area contributed by atoms with E-state index in [1.54, 1.807) is 0 Å². The summed E-state index contributed by atoms with van der Waals surface area (Å²) in [6.07, 6.45) is -0.175. The topological polar surface area (TPSA) is 127 Å². The molecule has 0 fully saturated rings. The van der Waals surface area contributed by atoms with Gasteiger partial charge in [-0.2, -0.15) is 0 Å². The van der Waals surface area contributed by atoms with E-state index in [4.69, 9.17) is 10.8 Å². The Hall–Kier alpha value is -2.09. The first kappa shape index (κ1) is 15.0. The Bertz CT molecular complexity index is 565. The maximum absolute atomic E-state index is 11.6. The van der Waals surface area contributed by atoms with Crippen molar-refractivity contribution in [1.29, 1.82) is 0 Å². The molecule has 19 heavy (non-hydrogen) atoms. The Morgan fingerprint density at radius 3 is 2.26 bits per heavy atom. The summed E-state index contributed by atoms with van der Waals surface area (Å²) < 4.78 is 25.5. The minimum atomic E-state index is -3.59. The minimum Gasteiger partial charge on any atom is -0.481 e. The summed E-state index contributed by atoms with van der Waals surface area (Å²) in [4.78, 5) is 21.1. The summed E-state index contributed by atoms with van der Waals surface area (Å²) in [5.41, 5.74) is 5.62. The smallest absolute Gasteiger partial charge is 0.303 e. The van der Waals surface area contributed by atoms with Gasteiger partial charge in [-0.15, -0.1) is 0 Å². The minimum absolute atomic E-state index is 0.0318. The van der Waals surface area contributed by atoms with Crippen LogP contribution >= 0.6 is 0 Å². The van der Waals surface area contributed by atoms with E-state index in [1.165, 1.54) is 24.3 Å². The van der Waals surface area contributed by atoms with Crippen molar-refractivity contribution in [3.8, 4) is 0 Å². The summed E-state index contributed by atoms with van der Waals surface area (Å²) >= 11 is 0. The van der Waals surface area contributed by atoms with Crippen molar-refractivity contribution >= 4 is 27.6 Å². The second-order valence-corrected chi connectivity index (χ2v) is 5.70. The standard InChI is InChI=1S/C11H14N2O5S/c12-11(16)8-3-5-9(6-4-8)13-19(17,18)7-1-2-10(14)15/h3-6,13H,1-2,7H2,(H2,12,16)(H,14,15). The van der Waals surface area contributed by atoms with Gasteiger partial charge in [0.1, 0.15) is 0 Å². The number of sulfonamides is 1. The molecule has 0 aliphatic carbocycles. The Morgan fingerprint density at radius 1 is 1.21 bits per heavy atom. The van der Waals surface area contributed by atoms with Gasteiger partial charge in [-0.1, -0.05) is 0 Å². The van der Waals surface area contributed by atoms with Crippen LogP contribution in [-0.4, -0.2) is 31.2 Å². The molecule has 0 aromatic heterocycles. The highest BCUT2D eigenvalue weighted by Crippen LogP contribution is 2.11. The van der Waals surface area contributed by atoms with Crippen LogP contribution in [0.15, 0.2) is 24.3 Å². The summed E-state index contributed by atoms with van der Waals surface area (Å²) in [5.74, 6) is -1.92. The van der Waals surface area contributed by atoms with Gasteiger partial charge in [0, 0.05) is 17.7 Å². The number of carboxylic acid groups (broad SMARTS) is 1. The van der Waals surface area contributed by atoms with Crippen molar-refractivity contribution in [3.63, 3.8) is 0 Å². The SMILES string of the molecule is NC(=O)c1ccc(NS(=O)(=O)CCCC(=O)O)cc1. The van der Waals surface area contributed by atoms with E-state index < -0.39 is 21.9 Å². The van der Waals surface area contributed by atoms with Crippen molar-refractivity contribution in [2.75, 3.05) is 10.5 Å². The molecule has 1 aromatic carbocycles. The normalized spacial score (nSPS) is 10.9. The maximum Gasteiger partial charge on any atom is 0.303 e. The molecule has 0 bridgehead atoms. The molecule has 0 saturated carbocycles. The first-order chi connectivity index (χ1) is 8.80. The molecule has 0 radical (unpaired) electrons. The molecule has 4 N–H and O–H groups in total. The van der Waals surface area contributed by atoms with Gasteiger partial charge >= 0.3 is 5.97 Å². The van der Waals surface area contributed by atoms with Gasteiger partial charge in [0.25, 0.3) is 0 Å². The van der Waals surface area contributed by atoms with E-state index in [9.17, 15) is 18.0 Å². The largest absolute Gasteiger partial charge is 0.481 e. The van der Waals surface area contributed by atoms with E-state index in [-0.39, 0.29) is 24.2 Å². The van der Waals surface area contributed by atoms with E-state index in [2.05, 4.69) is 4.72 Å². The number of carbonyl (C=O) groups excluding carboxylic acids is 1. The molecule has 1 rings (SSSR count). The molecule has 7 nitrogen and oxygen atoms in total. The van der Waals surface area contributed by atoms with Gasteiger partial charge in [-0.3, -0.25) is 14.3 Å². The number of hydrogen-bond donors (Lipinski definition) is 3. The van der Waals surface area contributed by atoms with Crippen molar-refractivity contribution < 1.29 is 23.1 Å². The number of primary amides is 1. The average molecular weight is 286 g/mol. The lowest BCUT2D eigenvalue weighted by Gasteiger charge is -2.07. The second-order valence-electron chi connectivity index (χ2n) is 3.86. The fourth-order valence-corrected chi connectivity index (χ4v) is 2.47. The lowest BCUT2D eigenvalue weighted by Crippen LogP contribution is -2.17. The fourth-order valence-electron chi connectivity index (χ4n) is 1.35. The number of benzene rings is 1. The quantitative estimate of drug-likeness (QED) is 0.668. The fraction of sp³-hybridized carbons (Fsp3) is 0.273. The van der Waals surface area contributed by atoms with Crippen LogP contribution in [0.4, 0.5) is 5.69 Å². The van der Waals surface area contributed by atoms with Gasteiger partial charge in [-0.25, -0.2) is 8.42 Å². The number of hydrogen-bond acceptors (Lipinski definition) is 4. The molecule has 0 heterocycles. The highest BCUT2D eigenvalue weighted by Gasteiger charge is 2.11. The van der Waals surface area contributed by atoms with Crippen molar-refractivity contribution in [2.24, 2.45) is 5.73 Å². The summed E-state index contributed by atoms with van der Waals surface area (Å²) in [6.45, 7) is 0.